The van der Waals surface area contributed by atoms with E-state index in [4.69, 9.17) is 9.73 Å². The summed E-state index contributed by atoms with van der Waals surface area (Å²) in [5.41, 5.74) is 0.538. The molecule has 1 saturated carbocycles. The number of thioether (sulfide) groups is 1. The fourth-order valence-corrected chi connectivity index (χ4v) is 4.64. The average molecular weight is 297 g/mol. The highest BCUT2D eigenvalue weighted by Crippen LogP contribution is 2.43. The molecule has 0 bridgehead atoms. The number of amidine groups is 1. The van der Waals surface area contributed by atoms with Crippen LogP contribution >= 0.6 is 11.8 Å². The van der Waals surface area contributed by atoms with Crippen LogP contribution in [0.25, 0.3) is 0 Å². The Morgan fingerprint density at radius 1 is 1.45 bits per heavy atom. The molecule has 5 heteroatoms. The Hall–Kier alpha value is -0.260. The predicted molar refractivity (Wildman–Crippen MR) is 85.5 cm³/mol. The first-order valence-electron chi connectivity index (χ1n) is 8.05. The average Bonchev–Trinajstić information content (AvgIpc) is 2.95. The van der Waals surface area contributed by atoms with Crippen molar-refractivity contribution in [2.75, 3.05) is 45.1 Å². The number of hydrogen-bond acceptors (Lipinski definition) is 5. The van der Waals surface area contributed by atoms with E-state index in [9.17, 15) is 0 Å². The molecule has 1 aliphatic carbocycles. The fourth-order valence-electron chi connectivity index (χ4n) is 3.48. The molecular formula is C15H27N3OS. The van der Waals surface area contributed by atoms with E-state index >= 15 is 0 Å². The highest BCUT2D eigenvalue weighted by Gasteiger charge is 2.36. The van der Waals surface area contributed by atoms with Crippen molar-refractivity contribution >= 4 is 16.9 Å². The van der Waals surface area contributed by atoms with Crippen LogP contribution in [0.3, 0.4) is 0 Å². The van der Waals surface area contributed by atoms with Gasteiger partial charge >= 0.3 is 0 Å². The van der Waals surface area contributed by atoms with Crippen molar-refractivity contribution in [2.45, 2.75) is 38.7 Å². The van der Waals surface area contributed by atoms with Crippen LogP contribution in [0.1, 0.15) is 32.6 Å². The first-order valence-corrected chi connectivity index (χ1v) is 9.03. The quantitative estimate of drug-likeness (QED) is 0.864. The molecule has 0 aromatic heterocycles. The van der Waals surface area contributed by atoms with Gasteiger partial charge < -0.3 is 10.1 Å². The number of likely N-dealkylation sites (N-methyl/N-ethyl adjacent to an activating group) is 1. The highest BCUT2D eigenvalue weighted by atomic mass is 32.2. The number of aliphatic imine (C=N–C) groups is 1. The molecule has 1 unspecified atom stereocenters. The normalized spacial score (nSPS) is 30.4. The lowest BCUT2D eigenvalue weighted by Gasteiger charge is -2.34. The van der Waals surface area contributed by atoms with Crippen LogP contribution in [0.2, 0.25) is 0 Å². The Labute approximate surface area is 126 Å². The van der Waals surface area contributed by atoms with Crippen LogP contribution in [-0.4, -0.2) is 61.3 Å². The molecule has 20 heavy (non-hydrogen) atoms. The lowest BCUT2D eigenvalue weighted by molar-refractivity contribution is -0.0232. The Morgan fingerprint density at radius 3 is 3.00 bits per heavy atom. The largest absolute Gasteiger partial charge is 0.374 e. The molecule has 0 aromatic carbocycles. The minimum absolute atomic E-state index is 0.314. The van der Waals surface area contributed by atoms with Gasteiger partial charge in [-0.05, 0) is 24.8 Å². The highest BCUT2D eigenvalue weighted by molar-refractivity contribution is 8.13. The standard InChI is InChI=1S/C15H27N3OS/c1-2-18-7-8-19-13(10-18)9-16-14-17-11-15(12-20-14)5-3-4-6-15/h13H,2-12H2,1H3,(H,16,17). The van der Waals surface area contributed by atoms with Crippen LogP contribution in [0.5, 0.6) is 0 Å². The summed E-state index contributed by atoms with van der Waals surface area (Å²) in [6, 6.07) is 0. The SMILES string of the molecule is CCN1CCOC(CNC2=NCC3(CCCC3)CS2)C1. The zero-order chi connectivity index (χ0) is 13.8. The molecule has 1 atom stereocenters. The minimum Gasteiger partial charge on any atom is -0.374 e. The first kappa shape index (κ1) is 14.7. The Morgan fingerprint density at radius 2 is 2.30 bits per heavy atom. The number of hydrogen-bond donors (Lipinski definition) is 1. The van der Waals surface area contributed by atoms with Gasteiger partial charge in [-0.1, -0.05) is 31.5 Å². The van der Waals surface area contributed by atoms with E-state index in [1.165, 1.54) is 31.4 Å². The number of nitrogens with one attached hydrogen (secondary N) is 1. The molecule has 0 amide bonds. The third-order valence-electron chi connectivity index (χ3n) is 4.89. The summed E-state index contributed by atoms with van der Waals surface area (Å²) >= 11 is 1.92. The van der Waals surface area contributed by atoms with E-state index in [1.807, 2.05) is 11.8 Å². The van der Waals surface area contributed by atoms with E-state index in [-0.39, 0.29) is 0 Å². The van der Waals surface area contributed by atoms with E-state index < -0.39 is 0 Å². The molecule has 3 aliphatic rings. The fraction of sp³-hybridized carbons (Fsp3) is 0.933. The molecule has 2 fully saturated rings. The monoisotopic (exact) mass is 297 g/mol. The number of morpholine rings is 1. The summed E-state index contributed by atoms with van der Waals surface area (Å²) in [7, 11) is 0. The molecule has 0 radical (unpaired) electrons. The zero-order valence-electron chi connectivity index (χ0n) is 12.6. The molecule has 2 heterocycles. The Bertz CT molecular complexity index is 355. The van der Waals surface area contributed by atoms with Gasteiger partial charge in [0.1, 0.15) is 0 Å². The molecule has 0 aromatic rings. The number of rotatable bonds is 3. The van der Waals surface area contributed by atoms with Crippen molar-refractivity contribution in [3.8, 4) is 0 Å². The maximum Gasteiger partial charge on any atom is 0.156 e. The van der Waals surface area contributed by atoms with Gasteiger partial charge in [0.15, 0.2) is 5.17 Å². The molecule has 1 spiro atoms. The van der Waals surface area contributed by atoms with Crippen LogP contribution in [0.4, 0.5) is 0 Å². The minimum atomic E-state index is 0.314. The van der Waals surface area contributed by atoms with Crippen LogP contribution in [0, 0.1) is 5.41 Å². The predicted octanol–water partition coefficient (Wildman–Crippen LogP) is 1.96. The lowest BCUT2D eigenvalue weighted by Crippen LogP contribution is -2.47. The lowest BCUT2D eigenvalue weighted by atomic mass is 9.89. The van der Waals surface area contributed by atoms with Crippen LogP contribution < -0.4 is 5.32 Å². The smallest absolute Gasteiger partial charge is 0.156 e. The van der Waals surface area contributed by atoms with Crippen molar-refractivity contribution < 1.29 is 4.74 Å². The van der Waals surface area contributed by atoms with Gasteiger partial charge in [-0.2, -0.15) is 0 Å². The summed E-state index contributed by atoms with van der Waals surface area (Å²) in [5, 5.41) is 4.64. The van der Waals surface area contributed by atoms with Gasteiger partial charge in [-0.15, -0.1) is 0 Å². The van der Waals surface area contributed by atoms with E-state index in [2.05, 4.69) is 17.1 Å². The van der Waals surface area contributed by atoms with E-state index in [1.54, 1.807) is 0 Å². The van der Waals surface area contributed by atoms with E-state index in [0.717, 1.165) is 44.5 Å². The van der Waals surface area contributed by atoms with Crippen molar-refractivity contribution in [3.05, 3.63) is 0 Å². The third kappa shape index (κ3) is 3.49. The number of nitrogens with zero attached hydrogens (tertiary/aromatic N) is 2. The molecular weight excluding hydrogens is 270 g/mol. The summed E-state index contributed by atoms with van der Waals surface area (Å²) in [6.07, 6.45) is 5.89. The molecule has 1 N–H and O–H groups in total. The van der Waals surface area contributed by atoms with Gasteiger partial charge in [0.05, 0.1) is 12.7 Å². The van der Waals surface area contributed by atoms with Gasteiger partial charge in [-0.25, -0.2) is 0 Å². The molecule has 4 nitrogen and oxygen atoms in total. The Balaban J connectivity index is 1.44. The maximum atomic E-state index is 5.83. The van der Waals surface area contributed by atoms with Gasteiger partial charge in [0.2, 0.25) is 0 Å². The summed E-state index contributed by atoms with van der Waals surface area (Å²) in [5.74, 6) is 1.26. The molecule has 3 rings (SSSR count). The topological polar surface area (TPSA) is 36.9 Å². The van der Waals surface area contributed by atoms with E-state index in [0.29, 0.717) is 11.5 Å². The van der Waals surface area contributed by atoms with Crippen LogP contribution in [-0.2, 0) is 4.74 Å². The van der Waals surface area contributed by atoms with Crippen molar-refractivity contribution in [3.63, 3.8) is 0 Å². The molecule has 2 aliphatic heterocycles. The van der Waals surface area contributed by atoms with Gasteiger partial charge in [0.25, 0.3) is 0 Å². The van der Waals surface area contributed by atoms with Crippen molar-refractivity contribution in [1.82, 2.24) is 10.2 Å². The van der Waals surface area contributed by atoms with Crippen LogP contribution in [0.15, 0.2) is 4.99 Å². The van der Waals surface area contributed by atoms with Crippen molar-refractivity contribution in [1.29, 1.82) is 0 Å². The number of ether oxygens (including phenoxy) is 1. The summed E-state index contributed by atoms with van der Waals surface area (Å²) in [4.78, 5) is 7.25. The third-order valence-corrected chi connectivity index (χ3v) is 6.19. The zero-order valence-corrected chi connectivity index (χ0v) is 13.4. The van der Waals surface area contributed by atoms with Gasteiger partial charge in [-0.3, -0.25) is 9.89 Å². The second-order valence-corrected chi connectivity index (χ2v) is 7.35. The molecule has 1 saturated heterocycles. The molecule has 114 valence electrons. The Kier molecular flexibility index (Phi) is 4.89. The maximum absolute atomic E-state index is 5.83. The second-order valence-electron chi connectivity index (χ2n) is 6.38. The van der Waals surface area contributed by atoms with Crippen molar-refractivity contribution in [2.24, 2.45) is 10.4 Å². The van der Waals surface area contributed by atoms with Gasteiger partial charge in [0, 0.05) is 31.9 Å². The first-order chi connectivity index (χ1) is 9.80. The summed E-state index contributed by atoms with van der Waals surface area (Å²) < 4.78 is 5.83. The summed E-state index contributed by atoms with van der Waals surface area (Å²) in [6.45, 7) is 8.26. The second kappa shape index (κ2) is 6.67.